The Balaban J connectivity index is 2.22. The maximum atomic E-state index is 12.7. The van der Waals surface area contributed by atoms with E-state index in [0.29, 0.717) is 5.69 Å². The Hall–Kier alpha value is -2.56. The number of aromatic hydroxyl groups is 2. The number of phenolic OH excluding ortho intramolecular Hbond substituents is 2. The number of hydrogen-bond acceptors (Lipinski definition) is 3. The van der Waals surface area contributed by atoms with E-state index in [2.05, 4.69) is 5.32 Å². The normalized spacial score (nSPS) is 10.1. The lowest BCUT2D eigenvalue weighted by Crippen LogP contribution is -2.11. The van der Waals surface area contributed by atoms with Crippen molar-refractivity contribution in [3.05, 3.63) is 53.8 Å². The lowest BCUT2D eigenvalue weighted by atomic mass is 10.1. The molecule has 4 nitrogen and oxygen atoms in total. The van der Waals surface area contributed by atoms with E-state index in [1.165, 1.54) is 42.5 Å². The minimum absolute atomic E-state index is 0.0562. The van der Waals surface area contributed by atoms with Crippen molar-refractivity contribution in [2.75, 3.05) is 5.32 Å². The molecule has 18 heavy (non-hydrogen) atoms. The number of hydrogen-bond donors (Lipinski definition) is 3. The molecule has 0 aromatic heterocycles. The van der Waals surface area contributed by atoms with Crippen LogP contribution in [0.15, 0.2) is 42.5 Å². The number of para-hydroxylation sites is 1. The first-order chi connectivity index (χ1) is 8.58. The fourth-order valence-corrected chi connectivity index (χ4v) is 1.45. The third-order valence-corrected chi connectivity index (χ3v) is 2.36. The Morgan fingerprint density at radius 3 is 2.39 bits per heavy atom. The van der Waals surface area contributed by atoms with Gasteiger partial charge in [0.2, 0.25) is 0 Å². The van der Waals surface area contributed by atoms with E-state index in [4.69, 9.17) is 0 Å². The van der Waals surface area contributed by atoms with Gasteiger partial charge in [0.15, 0.2) is 11.5 Å². The lowest BCUT2D eigenvalue weighted by Gasteiger charge is -2.07. The van der Waals surface area contributed by atoms with Crippen LogP contribution in [0.3, 0.4) is 0 Å². The number of carbonyl (C=O) groups is 1. The molecule has 5 heteroatoms. The summed E-state index contributed by atoms with van der Waals surface area (Å²) >= 11 is 0. The third-order valence-electron chi connectivity index (χ3n) is 2.36. The second kappa shape index (κ2) is 4.75. The molecule has 0 saturated heterocycles. The molecule has 0 aliphatic carbocycles. The minimum atomic E-state index is -0.588. The van der Waals surface area contributed by atoms with Crippen LogP contribution < -0.4 is 5.32 Å². The molecule has 0 spiro atoms. The number of carbonyl (C=O) groups excluding carboxylic acids is 1. The van der Waals surface area contributed by atoms with Crippen LogP contribution in [0.25, 0.3) is 0 Å². The Morgan fingerprint density at radius 1 is 1.06 bits per heavy atom. The summed E-state index contributed by atoms with van der Waals surface area (Å²) < 4.78 is 12.7. The van der Waals surface area contributed by atoms with Crippen molar-refractivity contribution >= 4 is 11.6 Å². The van der Waals surface area contributed by atoms with Gasteiger partial charge in [-0.25, -0.2) is 4.39 Å². The lowest BCUT2D eigenvalue weighted by molar-refractivity contribution is 0.102. The quantitative estimate of drug-likeness (QED) is 0.714. The summed E-state index contributed by atoms with van der Waals surface area (Å²) in [6.45, 7) is 0. The van der Waals surface area contributed by atoms with Crippen molar-refractivity contribution in [3.8, 4) is 11.5 Å². The molecule has 2 rings (SSSR count). The number of halogens is 1. The highest BCUT2D eigenvalue weighted by molar-refractivity contribution is 6.06. The Morgan fingerprint density at radius 2 is 1.72 bits per heavy atom. The highest BCUT2D eigenvalue weighted by Crippen LogP contribution is 2.28. The Labute approximate surface area is 102 Å². The molecule has 2 aromatic carbocycles. The van der Waals surface area contributed by atoms with Crippen LogP contribution in [0.1, 0.15) is 10.4 Å². The SMILES string of the molecule is O=C(Nc1ccc(F)cc1)c1cccc(O)c1O. The van der Waals surface area contributed by atoms with Crippen molar-refractivity contribution in [1.29, 1.82) is 0 Å². The standard InChI is InChI=1S/C13H10FNO3/c14-8-4-6-9(7-5-8)15-13(18)10-2-1-3-11(16)12(10)17/h1-7,16-17H,(H,15,18). The van der Waals surface area contributed by atoms with E-state index in [1.807, 2.05) is 0 Å². The summed E-state index contributed by atoms with van der Waals surface area (Å²) in [4.78, 5) is 11.8. The molecule has 0 radical (unpaired) electrons. The summed E-state index contributed by atoms with van der Waals surface area (Å²) in [5.74, 6) is -1.86. The van der Waals surface area contributed by atoms with Crippen molar-refractivity contribution < 1.29 is 19.4 Å². The fourth-order valence-electron chi connectivity index (χ4n) is 1.45. The Kier molecular flexibility index (Phi) is 3.14. The molecule has 0 bridgehead atoms. The monoisotopic (exact) mass is 247 g/mol. The molecular weight excluding hydrogens is 237 g/mol. The van der Waals surface area contributed by atoms with E-state index in [-0.39, 0.29) is 11.3 Å². The summed E-state index contributed by atoms with van der Waals surface area (Å²) in [6.07, 6.45) is 0. The van der Waals surface area contributed by atoms with E-state index in [9.17, 15) is 19.4 Å². The second-order valence-electron chi connectivity index (χ2n) is 3.63. The molecule has 0 atom stereocenters. The Bertz CT molecular complexity index is 581. The molecule has 2 aromatic rings. The summed E-state index contributed by atoms with van der Waals surface area (Å²) in [6, 6.07) is 9.28. The van der Waals surface area contributed by atoms with Gasteiger partial charge in [-0.3, -0.25) is 4.79 Å². The van der Waals surface area contributed by atoms with Crippen molar-refractivity contribution in [1.82, 2.24) is 0 Å². The van der Waals surface area contributed by atoms with Crippen LogP contribution in [0.2, 0.25) is 0 Å². The first kappa shape index (κ1) is 11.9. The summed E-state index contributed by atoms with van der Waals surface area (Å²) in [5, 5.41) is 21.3. The topological polar surface area (TPSA) is 69.6 Å². The molecular formula is C13H10FNO3. The maximum Gasteiger partial charge on any atom is 0.259 e. The van der Waals surface area contributed by atoms with E-state index < -0.39 is 17.5 Å². The molecule has 0 unspecified atom stereocenters. The largest absolute Gasteiger partial charge is 0.504 e. The highest BCUT2D eigenvalue weighted by atomic mass is 19.1. The zero-order chi connectivity index (χ0) is 13.1. The van der Waals surface area contributed by atoms with Gasteiger partial charge in [-0.2, -0.15) is 0 Å². The molecule has 92 valence electrons. The van der Waals surface area contributed by atoms with Gasteiger partial charge in [-0.15, -0.1) is 0 Å². The third kappa shape index (κ3) is 2.40. The van der Waals surface area contributed by atoms with Gasteiger partial charge in [0.05, 0.1) is 5.56 Å². The highest BCUT2D eigenvalue weighted by Gasteiger charge is 2.13. The van der Waals surface area contributed by atoms with Crippen LogP contribution >= 0.6 is 0 Å². The van der Waals surface area contributed by atoms with Crippen LogP contribution in [-0.4, -0.2) is 16.1 Å². The first-order valence-corrected chi connectivity index (χ1v) is 5.16. The summed E-state index contributed by atoms with van der Waals surface area (Å²) in [7, 11) is 0. The number of benzene rings is 2. The number of phenols is 2. The smallest absolute Gasteiger partial charge is 0.259 e. The predicted molar refractivity (Wildman–Crippen MR) is 64.1 cm³/mol. The van der Waals surface area contributed by atoms with Crippen LogP contribution in [-0.2, 0) is 0 Å². The first-order valence-electron chi connectivity index (χ1n) is 5.16. The summed E-state index contributed by atoms with van der Waals surface area (Å²) in [5.41, 5.74) is 0.337. The van der Waals surface area contributed by atoms with Crippen molar-refractivity contribution in [2.45, 2.75) is 0 Å². The van der Waals surface area contributed by atoms with Crippen molar-refractivity contribution in [3.63, 3.8) is 0 Å². The number of anilines is 1. The number of nitrogens with one attached hydrogen (secondary N) is 1. The van der Waals surface area contributed by atoms with Crippen LogP contribution in [0, 0.1) is 5.82 Å². The molecule has 0 aliphatic rings. The van der Waals surface area contributed by atoms with Gasteiger partial charge in [-0.05, 0) is 36.4 Å². The van der Waals surface area contributed by atoms with Crippen LogP contribution in [0.4, 0.5) is 10.1 Å². The zero-order valence-corrected chi connectivity index (χ0v) is 9.22. The van der Waals surface area contributed by atoms with Gasteiger partial charge in [0.25, 0.3) is 5.91 Å². The molecule has 0 heterocycles. The van der Waals surface area contributed by atoms with Crippen molar-refractivity contribution in [2.24, 2.45) is 0 Å². The minimum Gasteiger partial charge on any atom is -0.504 e. The molecule has 0 saturated carbocycles. The van der Waals surface area contributed by atoms with Crippen LogP contribution in [0.5, 0.6) is 11.5 Å². The van der Waals surface area contributed by atoms with E-state index in [1.54, 1.807) is 0 Å². The van der Waals surface area contributed by atoms with Gasteiger partial charge < -0.3 is 15.5 Å². The molecule has 1 amide bonds. The molecule has 0 aliphatic heterocycles. The molecule has 0 fully saturated rings. The second-order valence-corrected chi connectivity index (χ2v) is 3.63. The number of rotatable bonds is 2. The average Bonchev–Trinajstić information content (AvgIpc) is 2.35. The maximum absolute atomic E-state index is 12.7. The molecule has 3 N–H and O–H groups in total. The predicted octanol–water partition coefficient (Wildman–Crippen LogP) is 2.49. The van der Waals surface area contributed by atoms with E-state index >= 15 is 0 Å². The number of amides is 1. The van der Waals surface area contributed by atoms with Gasteiger partial charge in [0.1, 0.15) is 5.82 Å². The zero-order valence-electron chi connectivity index (χ0n) is 9.22. The van der Waals surface area contributed by atoms with E-state index in [0.717, 1.165) is 0 Å². The average molecular weight is 247 g/mol. The fraction of sp³-hybridized carbons (Fsp3) is 0. The van der Waals surface area contributed by atoms with Gasteiger partial charge in [0, 0.05) is 5.69 Å². The van der Waals surface area contributed by atoms with Gasteiger partial charge >= 0.3 is 0 Å². The van der Waals surface area contributed by atoms with Gasteiger partial charge in [-0.1, -0.05) is 6.07 Å².